The van der Waals surface area contributed by atoms with Gasteiger partial charge in [0.15, 0.2) is 0 Å². The van der Waals surface area contributed by atoms with E-state index in [-0.39, 0.29) is 5.91 Å². The lowest BCUT2D eigenvalue weighted by atomic mass is 10.2. The van der Waals surface area contributed by atoms with Crippen LogP contribution in [0, 0.1) is 0 Å². The number of nitrogens with zero attached hydrogens (tertiary/aromatic N) is 1. The molecule has 0 unspecified atom stereocenters. The summed E-state index contributed by atoms with van der Waals surface area (Å²) in [7, 11) is 1.69. The summed E-state index contributed by atoms with van der Waals surface area (Å²) in [5, 5.41) is 3.37. The van der Waals surface area contributed by atoms with Crippen LogP contribution in [0.25, 0.3) is 0 Å². The predicted octanol–water partition coefficient (Wildman–Crippen LogP) is 2.36. The van der Waals surface area contributed by atoms with E-state index in [0.29, 0.717) is 35.5 Å². The van der Waals surface area contributed by atoms with Gasteiger partial charge in [0, 0.05) is 37.7 Å². The third kappa shape index (κ3) is 5.19. The third-order valence-corrected chi connectivity index (χ3v) is 3.80. The van der Waals surface area contributed by atoms with E-state index in [1.54, 1.807) is 25.3 Å². The minimum Gasteiger partial charge on any atom is -0.397 e. The molecular weight excluding hydrogens is 290 g/mol. The second kappa shape index (κ2) is 7.64. The van der Waals surface area contributed by atoms with E-state index in [4.69, 9.17) is 22.1 Å². The number of nitrogens with two attached hydrogens (primary N) is 1. The molecule has 6 heteroatoms. The fourth-order valence-corrected chi connectivity index (χ4v) is 2.39. The second-order valence-corrected chi connectivity index (χ2v) is 5.73. The fourth-order valence-electron chi connectivity index (χ4n) is 2.22. The van der Waals surface area contributed by atoms with Gasteiger partial charge in [-0.1, -0.05) is 11.6 Å². The molecule has 3 N–H and O–H groups in total. The number of carbonyl (C=O) groups excluding carboxylic acids is 1. The van der Waals surface area contributed by atoms with Gasteiger partial charge in [0.2, 0.25) is 5.91 Å². The molecule has 1 aromatic rings. The van der Waals surface area contributed by atoms with E-state index in [2.05, 4.69) is 10.2 Å². The Kier molecular flexibility index (Phi) is 5.85. The molecule has 1 aromatic carbocycles. The highest BCUT2D eigenvalue weighted by atomic mass is 35.5. The van der Waals surface area contributed by atoms with Crippen LogP contribution in [0.1, 0.15) is 19.3 Å². The summed E-state index contributed by atoms with van der Waals surface area (Å²) >= 11 is 5.91. The van der Waals surface area contributed by atoms with Crippen LogP contribution in [-0.4, -0.2) is 43.7 Å². The van der Waals surface area contributed by atoms with Crippen molar-refractivity contribution in [1.29, 1.82) is 0 Å². The van der Waals surface area contributed by atoms with E-state index in [1.807, 2.05) is 0 Å². The molecule has 116 valence electrons. The fraction of sp³-hybridized carbons (Fsp3) is 0.533. The molecule has 0 aliphatic heterocycles. The summed E-state index contributed by atoms with van der Waals surface area (Å²) in [6, 6.07) is 5.67. The maximum Gasteiger partial charge on any atom is 0.225 e. The number of carbonyl (C=O) groups is 1. The van der Waals surface area contributed by atoms with Crippen LogP contribution in [0.3, 0.4) is 0 Å². The van der Waals surface area contributed by atoms with Gasteiger partial charge in [0.1, 0.15) is 0 Å². The SMILES string of the molecule is COCCN(CCC(=O)Nc1cc(Cl)ccc1N)C1CC1. The summed E-state index contributed by atoms with van der Waals surface area (Å²) in [4.78, 5) is 14.3. The first-order chi connectivity index (χ1) is 10.1. The second-order valence-electron chi connectivity index (χ2n) is 5.29. The van der Waals surface area contributed by atoms with Crippen LogP contribution in [0.2, 0.25) is 5.02 Å². The molecule has 0 bridgehead atoms. The Balaban J connectivity index is 1.82. The number of hydrogen-bond acceptors (Lipinski definition) is 4. The molecule has 1 aliphatic carbocycles. The minimum absolute atomic E-state index is 0.0490. The lowest BCUT2D eigenvalue weighted by molar-refractivity contribution is -0.116. The maximum absolute atomic E-state index is 12.0. The number of anilines is 2. The van der Waals surface area contributed by atoms with Crippen LogP contribution in [-0.2, 0) is 9.53 Å². The van der Waals surface area contributed by atoms with Crippen LogP contribution < -0.4 is 11.1 Å². The molecular formula is C15H22ClN3O2. The summed E-state index contributed by atoms with van der Waals surface area (Å²) < 4.78 is 5.11. The smallest absolute Gasteiger partial charge is 0.225 e. The summed E-state index contributed by atoms with van der Waals surface area (Å²) in [6.07, 6.45) is 2.87. The van der Waals surface area contributed by atoms with Gasteiger partial charge in [-0.3, -0.25) is 9.69 Å². The minimum atomic E-state index is -0.0490. The topological polar surface area (TPSA) is 67.6 Å². The molecule has 1 saturated carbocycles. The Morgan fingerprint density at radius 3 is 2.90 bits per heavy atom. The monoisotopic (exact) mass is 311 g/mol. The van der Waals surface area contributed by atoms with Gasteiger partial charge in [0.05, 0.1) is 18.0 Å². The van der Waals surface area contributed by atoms with Gasteiger partial charge < -0.3 is 15.8 Å². The van der Waals surface area contributed by atoms with Crippen molar-refractivity contribution in [3.05, 3.63) is 23.2 Å². The van der Waals surface area contributed by atoms with Crippen molar-refractivity contribution in [2.24, 2.45) is 0 Å². The first-order valence-electron chi connectivity index (χ1n) is 7.18. The summed E-state index contributed by atoms with van der Waals surface area (Å²) in [5.41, 5.74) is 6.91. The quantitative estimate of drug-likeness (QED) is 0.723. The van der Waals surface area contributed by atoms with Crippen molar-refractivity contribution in [3.8, 4) is 0 Å². The molecule has 0 heterocycles. The van der Waals surface area contributed by atoms with Gasteiger partial charge in [0.25, 0.3) is 0 Å². The van der Waals surface area contributed by atoms with Gasteiger partial charge in [-0.25, -0.2) is 0 Å². The average Bonchev–Trinajstić information content (AvgIpc) is 3.27. The van der Waals surface area contributed by atoms with E-state index in [0.717, 1.165) is 13.1 Å². The summed E-state index contributed by atoms with van der Waals surface area (Å²) in [5.74, 6) is -0.0490. The number of nitrogens with one attached hydrogen (secondary N) is 1. The Bertz CT molecular complexity index is 492. The van der Waals surface area contributed by atoms with Crippen LogP contribution in [0.4, 0.5) is 11.4 Å². The normalized spacial score (nSPS) is 14.4. The predicted molar refractivity (Wildman–Crippen MR) is 85.6 cm³/mol. The number of rotatable bonds is 8. The molecule has 5 nitrogen and oxygen atoms in total. The zero-order chi connectivity index (χ0) is 15.2. The highest BCUT2D eigenvalue weighted by molar-refractivity contribution is 6.31. The van der Waals surface area contributed by atoms with Gasteiger partial charge in [-0.2, -0.15) is 0 Å². The van der Waals surface area contributed by atoms with Crippen LogP contribution in [0.15, 0.2) is 18.2 Å². The molecule has 1 amide bonds. The molecule has 0 radical (unpaired) electrons. The van der Waals surface area contributed by atoms with E-state index in [9.17, 15) is 4.79 Å². The highest BCUT2D eigenvalue weighted by Gasteiger charge is 2.28. The van der Waals surface area contributed by atoms with Crippen molar-refractivity contribution in [3.63, 3.8) is 0 Å². The number of ether oxygens (including phenoxy) is 1. The van der Waals surface area contributed by atoms with Crippen LogP contribution in [0.5, 0.6) is 0 Å². The molecule has 0 saturated heterocycles. The standard InChI is InChI=1S/C15H22ClN3O2/c1-21-9-8-19(12-3-4-12)7-6-15(20)18-14-10-11(16)2-5-13(14)17/h2,5,10,12H,3-4,6-9,17H2,1H3,(H,18,20). The third-order valence-electron chi connectivity index (χ3n) is 3.56. The Labute approximate surface area is 130 Å². The van der Waals surface area contributed by atoms with E-state index >= 15 is 0 Å². The van der Waals surface area contributed by atoms with Crippen LogP contribution >= 0.6 is 11.6 Å². The molecule has 21 heavy (non-hydrogen) atoms. The number of hydrogen-bond donors (Lipinski definition) is 2. The number of benzene rings is 1. The van der Waals surface area contributed by atoms with Crippen molar-refractivity contribution >= 4 is 28.9 Å². The largest absolute Gasteiger partial charge is 0.397 e. The zero-order valence-electron chi connectivity index (χ0n) is 12.3. The number of amides is 1. The number of halogens is 1. The Hall–Kier alpha value is -1.30. The Morgan fingerprint density at radius 2 is 2.24 bits per heavy atom. The molecule has 1 fully saturated rings. The molecule has 1 aliphatic rings. The first-order valence-corrected chi connectivity index (χ1v) is 7.56. The van der Waals surface area contributed by atoms with Crippen molar-refractivity contribution in [1.82, 2.24) is 4.90 Å². The van der Waals surface area contributed by atoms with Gasteiger partial charge >= 0.3 is 0 Å². The lowest BCUT2D eigenvalue weighted by Gasteiger charge is -2.21. The maximum atomic E-state index is 12.0. The highest BCUT2D eigenvalue weighted by Crippen LogP contribution is 2.27. The molecule has 0 aromatic heterocycles. The van der Waals surface area contributed by atoms with Crippen molar-refractivity contribution in [2.75, 3.05) is 37.9 Å². The first kappa shape index (κ1) is 16.1. The number of methoxy groups -OCH3 is 1. The van der Waals surface area contributed by atoms with Gasteiger partial charge in [-0.05, 0) is 31.0 Å². The van der Waals surface area contributed by atoms with Crippen molar-refractivity contribution < 1.29 is 9.53 Å². The average molecular weight is 312 g/mol. The zero-order valence-corrected chi connectivity index (χ0v) is 13.0. The molecule has 0 spiro atoms. The van der Waals surface area contributed by atoms with Crippen molar-refractivity contribution in [2.45, 2.75) is 25.3 Å². The molecule has 2 rings (SSSR count). The molecule has 0 atom stereocenters. The van der Waals surface area contributed by atoms with E-state index < -0.39 is 0 Å². The van der Waals surface area contributed by atoms with Gasteiger partial charge in [-0.15, -0.1) is 0 Å². The lowest BCUT2D eigenvalue weighted by Crippen LogP contribution is -2.32. The number of nitrogen functional groups attached to an aromatic ring is 1. The Morgan fingerprint density at radius 1 is 1.48 bits per heavy atom. The van der Waals surface area contributed by atoms with E-state index in [1.165, 1.54) is 12.8 Å². The summed E-state index contributed by atoms with van der Waals surface area (Å²) in [6.45, 7) is 2.30.